The number of ether oxygens (including phenoxy) is 1. The molecule has 1 aromatic heterocycles. The summed E-state index contributed by atoms with van der Waals surface area (Å²) in [6.45, 7) is 2.79. The number of pyridine rings is 1. The van der Waals surface area contributed by atoms with Crippen LogP contribution in [0.1, 0.15) is 16.1 Å². The summed E-state index contributed by atoms with van der Waals surface area (Å²) in [5, 5.41) is 2.74. The first kappa shape index (κ1) is 14.8. The van der Waals surface area contributed by atoms with Gasteiger partial charge in [-0.05, 0) is 36.8 Å². The van der Waals surface area contributed by atoms with Gasteiger partial charge >= 0.3 is 0 Å². The number of anilines is 1. The number of carbonyl (C=O) groups excluding carboxylic acids is 1. The number of hydrogen-bond acceptors (Lipinski definition) is 5. The van der Waals surface area contributed by atoms with Gasteiger partial charge in [-0.2, -0.15) is 0 Å². The second-order valence-electron chi connectivity index (χ2n) is 4.49. The van der Waals surface area contributed by atoms with E-state index < -0.39 is 0 Å². The van der Waals surface area contributed by atoms with Gasteiger partial charge < -0.3 is 15.5 Å². The summed E-state index contributed by atoms with van der Waals surface area (Å²) in [5.74, 6) is 5.81. The van der Waals surface area contributed by atoms with Crippen LogP contribution in [0.5, 0.6) is 5.75 Å². The van der Waals surface area contributed by atoms with Crippen molar-refractivity contribution in [1.82, 2.24) is 10.3 Å². The van der Waals surface area contributed by atoms with E-state index in [9.17, 15) is 4.79 Å². The maximum Gasteiger partial charge on any atom is 0.270 e. The first-order chi connectivity index (χ1) is 10.2. The van der Waals surface area contributed by atoms with Crippen LogP contribution in [0.25, 0.3) is 0 Å². The Bertz CT molecular complexity index is 616. The number of nitrogens with zero attached hydrogens (tertiary/aromatic N) is 1. The number of nitrogens with one attached hydrogen (secondary N) is 2. The van der Waals surface area contributed by atoms with Gasteiger partial charge in [0.15, 0.2) is 0 Å². The molecular formula is C15H18N4O2. The molecule has 0 spiro atoms. The molecule has 0 aliphatic carbocycles. The van der Waals surface area contributed by atoms with Gasteiger partial charge in [-0.3, -0.25) is 15.6 Å². The molecule has 0 unspecified atom stereocenters. The van der Waals surface area contributed by atoms with Crippen molar-refractivity contribution in [2.75, 3.05) is 18.6 Å². The number of aromatic nitrogens is 1. The Kier molecular flexibility index (Phi) is 5.11. The van der Waals surface area contributed by atoms with Crippen LogP contribution in [-0.2, 0) is 0 Å². The Morgan fingerprint density at radius 3 is 2.95 bits per heavy atom. The summed E-state index contributed by atoms with van der Waals surface area (Å²) in [7, 11) is 0. The quantitative estimate of drug-likeness (QED) is 0.425. The van der Waals surface area contributed by atoms with Gasteiger partial charge in [0.05, 0.1) is 12.2 Å². The van der Waals surface area contributed by atoms with Crippen molar-refractivity contribution in [2.24, 2.45) is 5.84 Å². The third-order valence-corrected chi connectivity index (χ3v) is 2.81. The van der Waals surface area contributed by atoms with Crippen LogP contribution in [0.3, 0.4) is 0 Å². The molecule has 6 nitrogen and oxygen atoms in total. The minimum Gasteiger partial charge on any atom is -0.492 e. The molecule has 0 aliphatic rings. The molecule has 1 amide bonds. The van der Waals surface area contributed by atoms with Crippen molar-refractivity contribution >= 4 is 11.6 Å². The van der Waals surface area contributed by atoms with Crippen molar-refractivity contribution in [2.45, 2.75) is 6.92 Å². The molecule has 0 saturated carbocycles. The first-order valence-corrected chi connectivity index (χ1v) is 6.59. The molecule has 1 heterocycles. The van der Waals surface area contributed by atoms with Crippen molar-refractivity contribution in [3.8, 4) is 5.75 Å². The molecule has 2 rings (SSSR count). The summed E-state index contributed by atoms with van der Waals surface area (Å²) in [4.78, 5) is 15.9. The molecule has 0 radical (unpaired) electrons. The molecule has 1 aromatic carbocycles. The van der Waals surface area contributed by atoms with Crippen LogP contribution in [0, 0.1) is 6.92 Å². The van der Waals surface area contributed by atoms with E-state index in [-0.39, 0.29) is 5.91 Å². The van der Waals surface area contributed by atoms with Crippen molar-refractivity contribution in [3.63, 3.8) is 0 Å². The number of nitrogen functional groups attached to an aromatic ring is 1. The molecule has 21 heavy (non-hydrogen) atoms. The van der Waals surface area contributed by atoms with Crippen LogP contribution in [0.15, 0.2) is 42.6 Å². The molecule has 6 heteroatoms. The minimum atomic E-state index is -0.264. The highest BCUT2D eigenvalue weighted by Gasteiger charge is 2.07. The highest BCUT2D eigenvalue weighted by Crippen LogP contribution is 2.11. The molecule has 4 N–H and O–H groups in total. The van der Waals surface area contributed by atoms with Gasteiger partial charge in [0.25, 0.3) is 5.91 Å². The number of hydrazine groups is 1. The van der Waals surface area contributed by atoms with E-state index in [2.05, 4.69) is 15.7 Å². The number of benzene rings is 1. The molecule has 0 atom stereocenters. The minimum absolute atomic E-state index is 0.264. The molecule has 0 aliphatic heterocycles. The van der Waals surface area contributed by atoms with Gasteiger partial charge in [0.2, 0.25) is 0 Å². The lowest BCUT2D eigenvalue weighted by Gasteiger charge is -2.08. The molecule has 0 saturated heterocycles. The number of rotatable bonds is 6. The van der Waals surface area contributed by atoms with E-state index in [0.717, 1.165) is 11.3 Å². The van der Waals surface area contributed by atoms with Gasteiger partial charge in [0.1, 0.15) is 18.1 Å². The molecule has 110 valence electrons. The Morgan fingerprint density at radius 2 is 2.19 bits per heavy atom. The smallest absolute Gasteiger partial charge is 0.270 e. The monoisotopic (exact) mass is 286 g/mol. The van der Waals surface area contributed by atoms with E-state index in [1.54, 1.807) is 12.1 Å². The van der Waals surface area contributed by atoms with E-state index >= 15 is 0 Å². The van der Waals surface area contributed by atoms with Gasteiger partial charge in [-0.15, -0.1) is 0 Å². The van der Waals surface area contributed by atoms with Gasteiger partial charge in [-0.25, -0.2) is 0 Å². The standard InChI is InChI=1S/C15H18N4O2/c1-11-3-2-4-13(9-11)21-8-7-18-15(20)14-10-12(19-16)5-6-17-14/h2-6,9-10H,7-8,16H2,1H3,(H,17,19)(H,18,20). The summed E-state index contributed by atoms with van der Waals surface area (Å²) in [5.41, 5.74) is 4.54. The third-order valence-electron chi connectivity index (χ3n) is 2.81. The predicted molar refractivity (Wildman–Crippen MR) is 81.1 cm³/mol. The van der Waals surface area contributed by atoms with E-state index in [1.807, 2.05) is 31.2 Å². The molecular weight excluding hydrogens is 268 g/mol. The van der Waals surface area contributed by atoms with Crippen LogP contribution in [0.2, 0.25) is 0 Å². The summed E-state index contributed by atoms with van der Waals surface area (Å²) in [6.07, 6.45) is 1.52. The summed E-state index contributed by atoms with van der Waals surface area (Å²) >= 11 is 0. The van der Waals surface area contributed by atoms with E-state index in [4.69, 9.17) is 10.6 Å². The number of carbonyl (C=O) groups is 1. The van der Waals surface area contributed by atoms with E-state index in [0.29, 0.717) is 24.5 Å². The van der Waals surface area contributed by atoms with Crippen molar-refractivity contribution in [1.29, 1.82) is 0 Å². The average molecular weight is 286 g/mol. The zero-order chi connectivity index (χ0) is 15.1. The van der Waals surface area contributed by atoms with Gasteiger partial charge in [0, 0.05) is 6.20 Å². The third kappa shape index (κ3) is 4.47. The second kappa shape index (κ2) is 7.25. The molecule has 2 aromatic rings. The SMILES string of the molecule is Cc1cccc(OCCNC(=O)c2cc(NN)ccn2)c1. The van der Waals surface area contributed by atoms with E-state index in [1.165, 1.54) is 6.20 Å². The van der Waals surface area contributed by atoms with Crippen LogP contribution in [0.4, 0.5) is 5.69 Å². The van der Waals surface area contributed by atoms with Crippen LogP contribution in [-0.4, -0.2) is 24.0 Å². The normalized spacial score (nSPS) is 10.0. The number of aryl methyl sites for hydroxylation is 1. The highest BCUT2D eigenvalue weighted by atomic mass is 16.5. The number of amides is 1. The zero-order valence-corrected chi connectivity index (χ0v) is 11.8. The highest BCUT2D eigenvalue weighted by molar-refractivity contribution is 5.93. The Morgan fingerprint density at radius 1 is 1.33 bits per heavy atom. The fraction of sp³-hybridized carbons (Fsp3) is 0.200. The van der Waals surface area contributed by atoms with Crippen LogP contribution < -0.4 is 21.3 Å². The lowest BCUT2D eigenvalue weighted by molar-refractivity contribution is 0.0942. The predicted octanol–water partition coefficient (Wildman–Crippen LogP) is 1.48. The van der Waals surface area contributed by atoms with Gasteiger partial charge in [-0.1, -0.05) is 12.1 Å². The number of hydrogen-bond donors (Lipinski definition) is 3. The van der Waals surface area contributed by atoms with Crippen molar-refractivity contribution in [3.05, 3.63) is 53.9 Å². The topological polar surface area (TPSA) is 89.3 Å². The number of nitrogens with two attached hydrogens (primary N) is 1. The molecule has 0 fully saturated rings. The Labute approximate surface area is 123 Å². The maximum atomic E-state index is 11.9. The maximum absolute atomic E-state index is 11.9. The zero-order valence-electron chi connectivity index (χ0n) is 11.8. The summed E-state index contributed by atoms with van der Waals surface area (Å²) in [6, 6.07) is 11.0. The largest absolute Gasteiger partial charge is 0.492 e. The van der Waals surface area contributed by atoms with Crippen LogP contribution >= 0.6 is 0 Å². The first-order valence-electron chi connectivity index (χ1n) is 6.59. The second-order valence-corrected chi connectivity index (χ2v) is 4.49. The average Bonchev–Trinajstić information content (AvgIpc) is 2.51. The lowest BCUT2D eigenvalue weighted by Crippen LogP contribution is -2.28. The molecule has 0 bridgehead atoms. The summed E-state index contributed by atoms with van der Waals surface area (Å²) < 4.78 is 5.55. The Balaban J connectivity index is 1.79. The Hall–Kier alpha value is -2.60. The lowest BCUT2D eigenvalue weighted by atomic mass is 10.2. The van der Waals surface area contributed by atoms with Crippen molar-refractivity contribution < 1.29 is 9.53 Å². The fourth-order valence-electron chi connectivity index (χ4n) is 1.77. The fourth-order valence-corrected chi connectivity index (χ4v) is 1.77.